The van der Waals surface area contributed by atoms with E-state index in [0.29, 0.717) is 24.5 Å². The van der Waals surface area contributed by atoms with E-state index in [1.54, 1.807) is 26.2 Å². The monoisotopic (exact) mass is 309 g/mol. The predicted molar refractivity (Wildman–Crippen MR) is 80.0 cm³/mol. The normalized spacial score (nSPS) is 10.9. The fourth-order valence-electron chi connectivity index (χ4n) is 1.74. The van der Waals surface area contributed by atoms with Crippen molar-refractivity contribution in [3.8, 4) is 0 Å². The fourth-order valence-corrected chi connectivity index (χ4v) is 2.57. The van der Waals surface area contributed by atoms with Crippen molar-refractivity contribution in [3.05, 3.63) is 29.5 Å². The molecule has 0 spiro atoms. The summed E-state index contributed by atoms with van der Waals surface area (Å²) in [6.07, 6.45) is 0.701. The van der Waals surface area contributed by atoms with Crippen LogP contribution >= 0.6 is 11.8 Å². The molecule has 2 rings (SSSR count). The topological polar surface area (TPSA) is 90.2 Å². The van der Waals surface area contributed by atoms with Gasteiger partial charge < -0.3 is 19.6 Å². The van der Waals surface area contributed by atoms with Crippen molar-refractivity contribution in [2.45, 2.75) is 17.3 Å². The highest BCUT2D eigenvalue weighted by molar-refractivity contribution is 7.98. The molecule has 0 radical (unpaired) electrons. The third-order valence-corrected chi connectivity index (χ3v) is 3.96. The number of carbonyl (C=O) groups excluding carboxylic acids is 1. The van der Waals surface area contributed by atoms with E-state index in [0.717, 1.165) is 16.7 Å². The van der Waals surface area contributed by atoms with Crippen LogP contribution in [0.3, 0.4) is 0 Å². The number of carbonyl (C=O) groups is 1. The van der Waals surface area contributed by atoms with Crippen LogP contribution in [0, 0.1) is 0 Å². The summed E-state index contributed by atoms with van der Waals surface area (Å²) >= 11 is 1.51. The predicted octanol–water partition coefficient (Wildman–Crippen LogP) is 0.903. The van der Waals surface area contributed by atoms with Crippen molar-refractivity contribution in [2.75, 3.05) is 20.6 Å². The van der Waals surface area contributed by atoms with Gasteiger partial charge in [0.25, 0.3) is 5.91 Å². The van der Waals surface area contributed by atoms with Crippen molar-refractivity contribution in [3.63, 3.8) is 0 Å². The quantitative estimate of drug-likeness (QED) is 0.797. The van der Waals surface area contributed by atoms with Crippen LogP contribution in [0.15, 0.2) is 21.7 Å². The molecule has 0 unspecified atom stereocenters. The maximum Gasteiger partial charge on any atom is 0.289 e. The Kier molecular flexibility index (Phi) is 5.03. The minimum absolute atomic E-state index is 0.143. The molecule has 0 bridgehead atoms. The van der Waals surface area contributed by atoms with Crippen LogP contribution in [-0.2, 0) is 19.2 Å². The number of aromatic nitrogens is 3. The standard InChI is InChI=1S/C13H19N5O2S/c1-17(2)12(19)10-5-4-9(20-10)8-21-13-16-15-11(6-7-14)18(13)3/h4-5H,6-8,14H2,1-3H3. The Morgan fingerprint density at radius 3 is 2.86 bits per heavy atom. The summed E-state index contributed by atoms with van der Waals surface area (Å²) in [5, 5.41) is 9.02. The Bertz CT molecular complexity index is 620. The molecule has 0 saturated heterocycles. The van der Waals surface area contributed by atoms with Crippen molar-refractivity contribution >= 4 is 17.7 Å². The van der Waals surface area contributed by atoms with Crippen LogP contribution in [0.5, 0.6) is 0 Å². The van der Waals surface area contributed by atoms with Gasteiger partial charge in [0, 0.05) is 27.6 Å². The lowest BCUT2D eigenvalue weighted by Crippen LogP contribution is -2.20. The highest BCUT2D eigenvalue weighted by Gasteiger charge is 2.14. The molecule has 8 heteroatoms. The van der Waals surface area contributed by atoms with Gasteiger partial charge in [-0.1, -0.05) is 11.8 Å². The summed E-state index contributed by atoms with van der Waals surface area (Å²) in [5.41, 5.74) is 5.52. The van der Waals surface area contributed by atoms with Gasteiger partial charge in [-0.25, -0.2) is 0 Å². The van der Waals surface area contributed by atoms with E-state index in [1.807, 2.05) is 11.6 Å². The number of hydrogen-bond acceptors (Lipinski definition) is 6. The van der Waals surface area contributed by atoms with Gasteiger partial charge in [-0.15, -0.1) is 10.2 Å². The fraction of sp³-hybridized carbons (Fsp3) is 0.462. The first-order valence-corrected chi connectivity index (χ1v) is 7.53. The zero-order valence-electron chi connectivity index (χ0n) is 12.4. The minimum Gasteiger partial charge on any atom is -0.455 e. The van der Waals surface area contributed by atoms with Gasteiger partial charge in [0.15, 0.2) is 10.9 Å². The van der Waals surface area contributed by atoms with Crippen molar-refractivity contribution in [2.24, 2.45) is 12.8 Å². The molecule has 0 aliphatic carbocycles. The summed E-state index contributed by atoms with van der Waals surface area (Å²) in [4.78, 5) is 13.2. The minimum atomic E-state index is -0.143. The van der Waals surface area contributed by atoms with Crippen LogP contribution in [0.1, 0.15) is 22.1 Å². The zero-order chi connectivity index (χ0) is 15.4. The van der Waals surface area contributed by atoms with Crippen LogP contribution < -0.4 is 5.73 Å². The lowest BCUT2D eigenvalue weighted by molar-refractivity contribution is 0.0795. The van der Waals surface area contributed by atoms with E-state index in [9.17, 15) is 4.79 Å². The lowest BCUT2D eigenvalue weighted by atomic mass is 10.4. The molecule has 0 atom stereocenters. The van der Waals surface area contributed by atoms with Crippen LogP contribution in [0.4, 0.5) is 0 Å². The molecule has 2 aromatic rings. The number of thioether (sulfide) groups is 1. The molecule has 2 aromatic heterocycles. The third-order valence-electron chi connectivity index (χ3n) is 2.92. The molecule has 0 aliphatic rings. The molecule has 0 aromatic carbocycles. The Morgan fingerprint density at radius 2 is 2.19 bits per heavy atom. The van der Waals surface area contributed by atoms with E-state index in [-0.39, 0.29) is 5.91 Å². The lowest BCUT2D eigenvalue weighted by Gasteiger charge is -2.06. The second kappa shape index (κ2) is 6.77. The number of nitrogens with two attached hydrogens (primary N) is 1. The third kappa shape index (κ3) is 3.64. The number of rotatable bonds is 6. The maximum absolute atomic E-state index is 11.7. The SMILES string of the molecule is CN(C)C(=O)c1ccc(CSc2nnc(CCN)n2C)o1. The van der Waals surface area contributed by atoms with E-state index >= 15 is 0 Å². The van der Waals surface area contributed by atoms with Gasteiger partial charge in [-0.05, 0) is 18.7 Å². The average Bonchev–Trinajstić information content (AvgIpc) is 3.05. The average molecular weight is 309 g/mol. The second-order valence-corrected chi connectivity index (χ2v) is 5.69. The molecule has 114 valence electrons. The molecule has 2 heterocycles. The van der Waals surface area contributed by atoms with Crippen LogP contribution in [-0.4, -0.2) is 46.2 Å². The molecule has 21 heavy (non-hydrogen) atoms. The van der Waals surface area contributed by atoms with Gasteiger partial charge in [0.05, 0.1) is 5.75 Å². The molecular weight excluding hydrogens is 290 g/mol. The number of nitrogens with zero attached hydrogens (tertiary/aromatic N) is 4. The highest BCUT2D eigenvalue weighted by atomic mass is 32.2. The Morgan fingerprint density at radius 1 is 1.43 bits per heavy atom. The smallest absolute Gasteiger partial charge is 0.289 e. The molecule has 2 N–H and O–H groups in total. The Hall–Kier alpha value is -1.80. The van der Waals surface area contributed by atoms with Gasteiger partial charge in [0.2, 0.25) is 0 Å². The van der Waals surface area contributed by atoms with Gasteiger partial charge in [-0.3, -0.25) is 4.79 Å². The first-order chi connectivity index (χ1) is 10.0. The number of hydrogen-bond donors (Lipinski definition) is 1. The summed E-state index contributed by atoms with van der Waals surface area (Å²) in [6, 6.07) is 3.50. The summed E-state index contributed by atoms with van der Waals surface area (Å²) in [5.74, 6) is 2.39. The van der Waals surface area contributed by atoms with Crippen LogP contribution in [0.2, 0.25) is 0 Å². The summed E-state index contributed by atoms with van der Waals surface area (Å²) < 4.78 is 7.46. The van der Waals surface area contributed by atoms with Crippen LogP contribution in [0.25, 0.3) is 0 Å². The van der Waals surface area contributed by atoms with E-state index < -0.39 is 0 Å². The van der Waals surface area contributed by atoms with Gasteiger partial charge in [-0.2, -0.15) is 0 Å². The highest BCUT2D eigenvalue weighted by Crippen LogP contribution is 2.22. The number of amides is 1. The first kappa shape index (κ1) is 15.6. The second-order valence-electron chi connectivity index (χ2n) is 4.75. The molecule has 7 nitrogen and oxygen atoms in total. The first-order valence-electron chi connectivity index (χ1n) is 6.54. The molecular formula is C13H19N5O2S. The van der Waals surface area contributed by atoms with Crippen molar-refractivity contribution < 1.29 is 9.21 Å². The number of furan rings is 1. The van der Waals surface area contributed by atoms with E-state index in [1.165, 1.54) is 16.7 Å². The Labute approximate surface area is 127 Å². The molecule has 0 aliphatic heterocycles. The van der Waals surface area contributed by atoms with E-state index in [4.69, 9.17) is 10.2 Å². The zero-order valence-corrected chi connectivity index (χ0v) is 13.2. The van der Waals surface area contributed by atoms with E-state index in [2.05, 4.69) is 10.2 Å². The molecule has 0 saturated carbocycles. The van der Waals surface area contributed by atoms with Gasteiger partial charge in [0.1, 0.15) is 11.6 Å². The Balaban J connectivity index is 1.99. The molecule has 0 fully saturated rings. The van der Waals surface area contributed by atoms with Crippen molar-refractivity contribution in [1.82, 2.24) is 19.7 Å². The largest absolute Gasteiger partial charge is 0.455 e. The maximum atomic E-state index is 11.7. The summed E-state index contributed by atoms with van der Waals surface area (Å²) in [7, 11) is 5.30. The molecule has 1 amide bonds. The summed E-state index contributed by atoms with van der Waals surface area (Å²) in [6.45, 7) is 0.546. The van der Waals surface area contributed by atoms with Crippen molar-refractivity contribution in [1.29, 1.82) is 0 Å². The van der Waals surface area contributed by atoms with Gasteiger partial charge >= 0.3 is 0 Å².